The van der Waals surface area contributed by atoms with Crippen molar-refractivity contribution in [1.82, 2.24) is 9.97 Å². The zero-order valence-electron chi connectivity index (χ0n) is 12.7. The summed E-state index contributed by atoms with van der Waals surface area (Å²) in [6, 6.07) is 13.1. The highest BCUT2D eigenvalue weighted by Crippen LogP contribution is 2.31. The van der Waals surface area contributed by atoms with E-state index in [1.807, 2.05) is 49.4 Å². The van der Waals surface area contributed by atoms with Crippen LogP contribution in [0.3, 0.4) is 0 Å². The number of rotatable bonds is 5. The highest BCUT2D eigenvalue weighted by molar-refractivity contribution is 6.30. The molecule has 5 nitrogen and oxygen atoms in total. The SMILES string of the molecule is C[C@H](N)COc1cccc2ncnc(Nc3cccc(Cl)c3)c12. The normalized spacial score (nSPS) is 12.1. The van der Waals surface area contributed by atoms with Crippen molar-refractivity contribution >= 4 is 34.0 Å². The van der Waals surface area contributed by atoms with Crippen molar-refractivity contribution < 1.29 is 4.74 Å². The van der Waals surface area contributed by atoms with Gasteiger partial charge >= 0.3 is 0 Å². The second-order valence-electron chi connectivity index (χ2n) is 5.30. The van der Waals surface area contributed by atoms with E-state index in [4.69, 9.17) is 22.1 Å². The van der Waals surface area contributed by atoms with Crippen LogP contribution in [-0.2, 0) is 0 Å². The van der Waals surface area contributed by atoms with Crippen molar-refractivity contribution in [3.05, 3.63) is 53.8 Å². The van der Waals surface area contributed by atoms with Gasteiger partial charge in [0.05, 0.1) is 10.9 Å². The van der Waals surface area contributed by atoms with Gasteiger partial charge in [-0.25, -0.2) is 9.97 Å². The Morgan fingerprint density at radius 1 is 1.22 bits per heavy atom. The smallest absolute Gasteiger partial charge is 0.145 e. The lowest BCUT2D eigenvalue weighted by atomic mass is 10.2. The first-order chi connectivity index (χ1) is 11.1. The fourth-order valence-electron chi connectivity index (χ4n) is 2.22. The minimum Gasteiger partial charge on any atom is -0.491 e. The van der Waals surface area contributed by atoms with Gasteiger partial charge in [0.15, 0.2) is 0 Å². The molecule has 0 fully saturated rings. The van der Waals surface area contributed by atoms with Crippen LogP contribution < -0.4 is 15.8 Å². The number of fused-ring (bicyclic) bond motifs is 1. The van der Waals surface area contributed by atoms with Crippen LogP contribution in [-0.4, -0.2) is 22.6 Å². The molecule has 0 saturated heterocycles. The zero-order valence-corrected chi connectivity index (χ0v) is 13.4. The molecule has 0 spiro atoms. The molecular formula is C17H17ClN4O. The lowest BCUT2D eigenvalue weighted by Crippen LogP contribution is -2.23. The molecule has 3 aromatic rings. The molecule has 0 aliphatic rings. The maximum absolute atomic E-state index is 6.03. The van der Waals surface area contributed by atoms with E-state index in [-0.39, 0.29) is 6.04 Å². The molecule has 6 heteroatoms. The molecule has 0 aliphatic carbocycles. The number of nitrogens with zero attached hydrogens (tertiary/aromatic N) is 2. The van der Waals surface area contributed by atoms with Crippen molar-refractivity contribution in [3.63, 3.8) is 0 Å². The Kier molecular flexibility index (Phi) is 4.60. The minimum atomic E-state index is -0.0563. The summed E-state index contributed by atoms with van der Waals surface area (Å²) in [6.07, 6.45) is 1.52. The first kappa shape index (κ1) is 15.5. The van der Waals surface area contributed by atoms with E-state index in [1.165, 1.54) is 6.33 Å². The van der Waals surface area contributed by atoms with E-state index in [0.29, 0.717) is 23.2 Å². The summed E-state index contributed by atoms with van der Waals surface area (Å²) in [4.78, 5) is 8.64. The summed E-state index contributed by atoms with van der Waals surface area (Å²) in [6.45, 7) is 2.32. The molecule has 1 heterocycles. The largest absolute Gasteiger partial charge is 0.491 e. The maximum atomic E-state index is 6.03. The lowest BCUT2D eigenvalue weighted by Gasteiger charge is -2.14. The van der Waals surface area contributed by atoms with Crippen LogP contribution in [0.25, 0.3) is 10.9 Å². The van der Waals surface area contributed by atoms with Crippen molar-refractivity contribution in [1.29, 1.82) is 0 Å². The third-order valence-electron chi connectivity index (χ3n) is 3.21. The van der Waals surface area contributed by atoms with Gasteiger partial charge in [0.1, 0.15) is 24.5 Å². The first-order valence-electron chi connectivity index (χ1n) is 7.28. The summed E-state index contributed by atoms with van der Waals surface area (Å²) in [7, 11) is 0. The van der Waals surface area contributed by atoms with Gasteiger partial charge in [-0.05, 0) is 37.3 Å². The third kappa shape index (κ3) is 3.70. The Balaban J connectivity index is 2.02. The molecule has 0 bridgehead atoms. The Morgan fingerprint density at radius 3 is 2.83 bits per heavy atom. The Bertz CT molecular complexity index is 817. The van der Waals surface area contributed by atoms with Crippen LogP contribution in [0.1, 0.15) is 6.92 Å². The van der Waals surface area contributed by atoms with Gasteiger partial charge in [0.25, 0.3) is 0 Å². The fraction of sp³-hybridized carbons (Fsp3) is 0.176. The first-order valence-corrected chi connectivity index (χ1v) is 7.66. The van der Waals surface area contributed by atoms with Gasteiger partial charge < -0.3 is 15.8 Å². The molecule has 0 unspecified atom stereocenters. The molecule has 0 radical (unpaired) electrons. The highest BCUT2D eigenvalue weighted by Gasteiger charge is 2.11. The van der Waals surface area contributed by atoms with Crippen molar-refractivity contribution in [2.24, 2.45) is 5.73 Å². The van der Waals surface area contributed by atoms with Gasteiger partial charge in [0, 0.05) is 16.8 Å². The summed E-state index contributed by atoms with van der Waals surface area (Å²) in [5.41, 5.74) is 7.42. The predicted molar refractivity (Wildman–Crippen MR) is 93.4 cm³/mol. The molecule has 3 rings (SSSR count). The van der Waals surface area contributed by atoms with Crippen LogP contribution >= 0.6 is 11.6 Å². The quantitative estimate of drug-likeness (QED) is 0.746. The Morgan fingerprint density at radius 2 is 2.04 bits per heavy atom. The van der Waals surface area contributed by atoms with Crippen molar-refractivity contribution in [2.45, 2.75) is 13.0 Å². The number of nitrogens with two attached hydrogens (primary N) is 1. The zero-order chi connectivity index (χ0) is 16.2. The Labute approximate surface area is 139 Å². The number of anilines is 2. The van der Waals surface area contributed by atoms with E-state index < -0.39 is 0 Å². The molecular weight excluding hydrogens is 312 g/mol. The lowest BCUT2D eigenvalue weighted by molar-refractivity contribution is 0.299. The van der Waals surface area contributed by atoms with Crippen LogP contribution in [0.15, 0.2) is 48.8 Å². The Hall–Kier alpha value is -2.37. The number of aromatic nitrogens is 2. The van der Waals surface area contributed by atoms with Crippen LogP contribution in [0.4, 0.5) is 11.5 Å². The van der Waals surface area contributed by atoms with E-state index >= 15 is 0 Å². The molecule has 3 N–H and O–H groups in total. The number of benzene rings is 2. The van der Waals surface area contributed by atoms with Crippen LogP contribution in [0, 0.1) is 0 Å². The summed E-state index contributed by atoms with van der Waals surface area (Å²) in [5.74, 6) is 1.36. The summed E-state index contributed by atoms with van der Waals surface area (Å²) >= 11 is 6.03. The van der Waals surface area contributed by atoms with Crippen molar-refractivity contribution in [3.8, 4) is 5.75 Å². The van der Waals surface area contributed by atoms with E-state index in [0.717, 1.165) is 16.6 Å². The van der Waals surface area contributed by atoms with Gasteiger partial charge in [-0.15, -0.1) is 0 Å². The predicted octanol–water partition coefficient (Wildman–Crippen LogP) is 3.75. The number of hydrogen-bond acceptors (Lipinski definition) is 5. The molecule has 0 amide bonds. The van der Waals surface area contributed by atoms with E-state index in [1.54, 1.807) is 0 Å². The van der Waals surface area contributed by atoms with Gasteiger partial charge in [-0.1, -0.05) is 23.7 Å². The van der Waals surface area contributed by atoms with Crippen LogP contribution in [0.2, 0.25) is 5.02 Å². The number of nitrogens with one attached hydrogen (secondary N) is 1. The van der Waals surface area contributed by atoms with Crippen LogP contribution in [0.5, 0.6) is 5.75 Å². The number of halogens is 1. The molecule has 0 saturated carbocycles. The van der Waals surface area contributed by atoms with Gasteiger partial charge in [0.2, 0.25) is 0 Å². The summed E-state index contributed by atoms with van der Waals surface area (Å²) in [5, 5.41) is 4.74. The molecule has 1 atom stereocenters. The number of hydrogen-bond donors (Lipinski definition) is 2. The average molecular weight is 329 g/mol. The molecule has 23 heavy (non-hydrogen) atoms. The molecule has 2 aromatic carbocycles. The average Bonchev–Trinajstić information content (AvgIpc) is 2.53. The van der Waals surface area contributed by atoms with E-state index in [2.05, 4.69) is 15.3 Å². The highest BCUT2D eigenvalue weighted by atomic mass is 35.5. The topological polar surface area (TPSA) is 73.1 Å². The minimum absolute atomic E-state index is 0.0563. The van der Waals surface area contributed by atoms with Crippen molar-refractivity contribution in [2.75, 3.05) is 11.9 Å². The van der Waals surface area contributed by atoms with E-state index in [9.17, 15) is 0 Å². The second-order valence-corrected chi connectivity index (χ2v) is 5.73. The molecule has 118 valence electrons. The van der Waals surface area contributed by atoms with Gasteiger partial charge in [-0.3, -0.25) is 0 Å². The standard InChI is InChI=1S/C17H17ClN4O/c1-11(19)9-23-15-7-3-6-14-16(15)17(21-10-20-14)22-13-5-2-4-12(18)8-13/h2-8,10-11H,9,19H2,1H3,(H,20,21,22)/t11-/m0/s1. The summed E-state index contributed by atoms with van der Waals surface area (Å²) < 4.78 is 5.81. The second kappa shape index (κ2) is 6.81. The maximum Gasteiger partial charge on any atom is 0.145 e. The number of ether oxygens (including phenoxy) is 1. The molecule has 0 aliphatic heterocycles. The monoisotopic (exact) mass is 328 g/mol. The third-order valence-corrected chi connectivity index (χ3v) is 3.45. The fourth-order valence-corrected chi connectivity index (χ4v) is 2.41. The molecule has 1 aromatic heterocycles. The van der Waals surface area contributed by atoms with Gasteiger partial charge in [-0.2, -0.15) is 0 Å².